The van der Waals surface area contributed by atoms with Crippen molar-refractivity contribution in [1.82, 2.24) is 14.8 Å². The molecular formula is C42H30N4O. The van der Waals surface area contributed by atoms with Gasteiger partial charge in [-0.05, 0) is 72.5 Å². The molecule has 2 heterocycles. The van der Waals surface area contributed by atoms with Crippen LogP contribution in [0.3, 0.4) is 0 Å². The van der Waals surface area contributed by atoms with Gasteiger partial charge in [0, 0.05) is 44.3 Å². The van der Waals surface area contributed by atoms with Gasteiger partial charge >= 0.3 is 0 Å². The molecule has 5 heteroatoms. The van der Waals surface area contributed by atoms with Gasteiger partial charge in [0.2, 0.25) is 11.8 Å². The maximum Gasteiger partial charge on any atom is 0.248 e. The Bertz CT molecular complexity index is 2400. The van der Waals surface area contributed by atoms with Crippen molar-refractivity contribution in [3.05, 3.63) is 164 Å². The van der Waals surface area contributed by atoms with Gasteiger partial charge in [-0.1, -0.05) is 103 Å². The Kier molecular flexibility index (Phi) is 6.53. The Labute approximate surface area is 272 Å². The largest absolute Gasteiger partial charge is 0.416 e. The molecule has 0 amide bonds. The van der Waals surface area contributed by atoms with E-state index in [1.807, 2.05) is 30.3 Å². The standard InChI is InChI=1S/C42H30N4O/c1-3-13-29(14-4-1)41-43-44-42(47-41)37-21-11-20-34-33(37)19-12-24-38(34)45(30-15-5-2-6-16-30)31-25-27-32(28-26-31)46-39-22-9-7-17-35(39)36-18-8-10-23-40(36)46/h1-15,17-28,30H,16H2. The van der Waals surface area contributed by atoms with Crippen LogP contribution < -0.4 is 4.90 Å². The first-order valence-electron chi connectivity index (χ1n) is 16.0. The zero-order valence-electron chi connectivity index (χ0n) is 25.6. The molecule has 1 unspecified atom stereocenters. The molecule has 0 fully saturated rings. The van der Waals surface area contributed by atoms with E-state index >= 15 is 0 Å². The first-order valence-corrected chi connectivity index (χ1v) is 16.0. The number of anilines is 2. The molecule has 2 aromatic heterocycles. The van der Waals surface area contributed by atoms with E-state index < -0.39 is 0 Å². The van der Waals surface area contributed by atoms with Crippen molar-refractivity contribution in [2.45, 2.75) is 12.5 Å². The second kappa shape index (κ2) is 11.3. The average Bonchev–Trinajstić information content (AvgIpc) is 3.77. The molecule has 6 aromatic carbocycles. The number of fused-ring (bicyclic) bond motifs is 4. The fourth-order valence-electron chi connectivity index (χ4n) is 6.95. The van der Waals surface area contributed by atoms with Crippen LogP contribution in [0.4, 0.5) is 11.4 Å². The van der Waals surface area contributed by atoms with Crippen molar-refractivity contribution in [2.24, 2.45) is 0 Å². The highest BCUT2D eigenvalue weighted by Crippen LogP contribution is 2.40. The van der Waals surface area contributed by atoms with Crippen LogP contribution in [0, 0.1) is 0 Å². The summed E-state index contributed by atoms with van der Waals surface area (Å²) in [7, 11) is 0. The third-order valence-corrected chi connectivity index (χ3v) is 9.09. The molecule has 1 atom stereocenters. The lowest BCUT2D eigenvalue weighted by Gasteiger charge is -2.33. The molecule has 0 spiro atoms. The molecule has 224 valence electrons. The summed E-state index contributed by atoms with van der Waals surface area (Å²) < 4.78 is 8.58. The van der Waals surface area contributed by atoms with E-state index in [-0.39, 0.29) is 6.04 Å². The maximum atomic E-state index is 6.22. The molecule has 1 aliphatic rings. The SMILES string of the molecule is C1=CCC(N(c2ccc(-n3c4ccccc4c4ccccc43)cc2)c2cccc3c(-c4nnc(-c5ccccc5)o4)cccc23)C=C1. The van der Waals surface area contributed by atoms with Crippen LogP contribution >= 0.6 is 0 Å². The third-order valence-electron chi connectivity index (χ3n) is 9.09. The minimum Gasteiger partial charge on any atom is -0.416 e. The molecule has 0 bridgehead atoms. The molecule has 1 aliphatic carbocycles. The van der Waals surface area contributed by atoms with E-state index in [9.17, 15) is 0 Å². The van der Waals surface area contributed by atoms with Gasteiger partial charge in [0.25, 0.3) is 0 Å². The number of hydrogen-bond donors (Lipinski definition) is 0. The highest BCUT2D eigenvalue weighted by Gasteiger charge is 2.23. The van der Waals surface area contributed by atoms with Crippen LogP contribution in [0.15, 0.2) is 168 Å². The molecule has 0 saturated heterocycles. The molecular weight excluding hydrogens is 576 g/mol. The topological polar surface area (TPSA) is 47.1 Å². The fraction of sp³-hybridized carbons (Fsp3) is 0.0476. The van der Waals surface area contributed by atoms with Crippen molar-refractivity contribution >= 4 is 44.0 Å². The van der Waals surface area contributed by atoms with Gasteiger partial charge in [-0.25, -0.2) is 0 Å². The number of benzene rings is 6. The smallest absolute Gasteiger partial charge is 0.248 e. The normalized spacial score (nSPS) is 14.3. The second-order valence-corrected chi connectivity index (χ2v) is 11.8. The zero-order chi connectivity index (χ0) is 31.2. The second-order valence-electron chi connectivity index (χ2n) is 11.8. The highest BCUT2D eigenvalue weighted by atomic mass is 16.4. The number of allylic oxidation sites excluding steroid dienone is 2. The van der Waals surface area contributed by atoms with Crippen molar-refractivity contribution in [1.29, 1.82) is 0 Å². The first kappa shape index (κ1) is 27.1. The minimum absolute atomic E-state index is 0.154. The quantitative estimate of drug-likeness (QED) is 0.189. The van der Waals surface area contributed by atoms with Gasteiger partial charge in [-0.2, -0.15) is 0 Å². The molecule has 0 radical (unpaired) electrons. The van der Waals surface area contributed by atoms with E-state index in [2.05, 4.69) is 153 Å². The Morgan fingerprint density at radius 1 is 0.574 bits per heavy atom. The first-order chi connectivity index (χ1) is 23.3. The zero-order valence-corrected chi connectivity index (χ0v) is 25.6. The van der Waals surface area contributed by atoms with E-state index in [0.717, 1.165) is 45.4 Å². The summed E-state index contributed by atoms with van der Waals surface area (Å²) in [5.41, 5.74) is 7.62. The molecule has 0 aliphatic heterocycles. The van der Waals surface area contributed by atoms with Crippen LogP contribution in [-0.2, 0) is 0 Å². The lowest BCUT2D eigenvalue weighted by molar-refractivity contribution is 0.585. The summed E-state index contributed by atoms with van der Waals surface area (Å²) in [6.07, 6.45) is 9.71. The van der Waals surface area contributed by atoms with Gasteiger partial charge in [0.05, 0.1) is 17.1 Å². The summed E-state index contributed by atoms with van der Waals surface area (Å²) in [5, 5.41) is 13.5. The van der Waals surface area contributed by atoms with Crippen LogP contribution in [0.5, 0.6) is 0 Å². The average molecular weight is 607 g/mol. The number of nitrogens with zero attached hydrogens (tertiary/aromatic N) is 4. The van der Waals surface area contributed by atoms with Crippen molar-refractivity contribution in [2.75, 3.05) is 4.90 Å². The predicted molar refractivity (Wildman–Crippen MR) is 192 cm³/mol. The lowest BCUT2D eigenvalue weighted by atomic mass is 9.99. The Morgan fingerprint density at radius 2 is 1.23 bits per heavy atom. The molecule has 5 nitrogen and oxygen atoms in total. The summed E-state index contributed by atoms with van der Waals surface area (Å²) in [5.74, 6) is 1.02. The van der Waals surface area contributed by atoms with Crippen LogP contribution in [0.2, 0.25) is 0 Å². The molecule has 47 heavy (non-hydrogen) atoms. The van der Waals surface area contributed by atoms with Crippen LogP contribution in [-0.4, -0.2) is 20.8 Å². The minimum atomic E-state index is 0.154. The molecule has 0 saturated carbocycles. The predicted octanol–water partition coefficient (Wildman–Crippen LogP) is 10.7. The summed E-state index contributed by atoms with van der Waals surface area (Å²) >= 11 is 0. The summed E-state index contributed by atoms with van der Waals surface area (Å²) in [6, 6.07) is 49.1. The van der Waals surface area contributed by atoms with Gasteiger partial charge in [-0.3, -0.25) is 0 Å². The van der Waals surface area contributed by atoms with Crippen molar-refractivity contribution in [3.63, 3.8) is 0 Å². The van der Waals surface area contributed by atoms with Crippen molar-refractivity contribution < 1.29 is 4.42 Å². The lowest BCUT2D eigenvalue weighted by Crippen LogP contribution is -2.30. The van der Waals surface area contributed by atoms with Crippen LogP contribution in [0.1, 0.15) is 6.42 Å². The third kappa shape index (κ3) is 4.63. The Balaban J connectivity index is 1.16. The van der Waals surface area contributed by atoms with Crippen LogP contribution in [0.25, 0.3) is 61.2 Å². The highest BCUT2D eigenvalue weighted by molar-refractivity contribution is 6.09. The summed E-state index contributed by atoms with van der Waals surface area (Å²) in [6.45, 7) is 0. The number of para-hydroxylation sites is 2. The Morgan fingerprint density at radius 3 is 1.98 bits per heavy atom. The molecule has 8 aromatic rings. The Hall–Kier alpha value is -6.20. The van der Waals surface area contributed by atoms with E-state index in [0.29, 0.717) is 11.8 Å². The molecule has 0 N–H and O–H groups in total. The number of aromatic nitrogens is 3. The summed E-state index contributed by atoms with van der Waals surface area (Å²) in [4.78, 5) is 2.45. The number of rotatable bonds is 6. The van der Waals surface area contributed by atoms with Gasteiger partial charge in [-0.15, -0.1) is 10.2 Å². The van der Waals surface area contributed by atoms with Crippen molar-refractivity contribution in [3.8, 4) is 28.6 Å². The number of hydrogen-bond acceptors (Lipinski definition) is 4. The maximum absolute atomic E-state index is 6.22. The monoisotopic (exact) mass is 606 g/mol. The molecule has 9 rings (SSSR count). The van der Waals surface area contributed by atoms with Gasteiger partial charge in [0.15, 0.2) is 0 Å². The van der Waals surface area contributed by atoms with E-state index in [1.165, 1.54) is 21.8 Å². The van der Waals surface area contributed by atoms with E-state index in [1.54, 1.807) is 0 Å². The fourth-order valence-corrected chi connectivity index (χ4v) is 6.95. The van der Waals surface area contributed by atoms with Gasteiger partial charge in [0.1, 0.15) is 0 Å². The van der Waals surface area contributed by atoms with E-state index in [4.69, 9.17) is 4.42 Å². The van der Waals surface area contributed by atoms with Gasteiger partial charge < -0.3 is 13.9 Å².